The Morgan fingerprint density at radius 2 is 2.30 bits per heavy atom. The second-order valence-corrected chi connectivity index (χ2v) is 6.40. The van der Waals surface area contributed by atoms with Crippen molar-refractivity contribution in [2.24, 2.45) is 11.3 Å². The maximum absolute atomic E-state index is 12.3. The number of fused-ring (bicyclic) bond motifs is 1. The summed E-state index contributed by atoms with van der Waals surface area (Å²) in [7, 11) is 0. The largest absolute Gasteiger partial charge is 0.481 e. The van der Waals surface area contributed by atoms with Crippen LogP contribution in [0.5, 0.6) is 0 Å². The number of amides is 2. The van der Waals surface area contributed by atoms with Crippen LogP contribution >= 0.6 is 0 Å². The zero-order valence-electron chi connectivity index (χ0n) is 12.8. The molecule has 0 aromatic heterocycles. The lowest BCUT2D eigenvalue weighted by Gasteiger charge is -2.23. The maximum atomic E-state index is 12.3. The van der Waals surface area contributed by atoms with E-state index in [4.69, 9.17) is 5.26 Å². The number of carbonyl (C=O) groups excluding carboxylic acids is 1. The number of urea groups is 1. The van der Waals surface area contributed by atoms with E-state index >= 15 is 0 Å². The van der Waals surface area contributed by atoms with Gasteiger partial charge in [-0.25, -0.2) is 4.79 Å². The van der Waals surface area contributed by atoms with Gasteiger partial charge in [-0.1, -0.05) is 18.6 Å². The number of likely N-dealkylation sites (tertiary alicyclic amines) is 1. The van der Waals surface area contributed by atoms with Gasteiger partial charge < -0.3 is 15.3 Å². The molecular formula is C17H19N3O3. The SMILES string of the molecule is N#Cc1cccc(CNC(=O)N2C[C@@H]3CCC[C@@]3(C(=O)O)C2)c1. The minimum absolute atomic E-state index is 0.0627. The highest BCUT2D eigenvalue weighted by Gasteiger charge is 2.55. The normalized spacial score (nSPS) is 25.7. The number of carboxylic acid groups (broad SMARTS) is 1. The molecule has 0 radical (unpaired) electrons. The Morgan fingerprint density at radius 3 is 3.00 bits per heavy atom. The van der Waals surface area contributed by atoms with E-state index in [2.05, 4.69) is 11.4 Å². The fourth-order valence-electron chi connectivity index (χ4n) is 3.83. The molecule has 1 heterocycles. The van der Waals surface area contributed by atoms with E-state index in [0.717, 1.165) is 18.4 Å². The molecule has 2 fully saturated rings. The second-order valence-electron chi connectivity index (χ2n) is 6.40. The number of nitriles is 1. The monoisotopic (exact) mass is 313 g/mol. The first-order valence-electron chi connectivity index (χ1n) is 7.80. The average molecular weight is 313 g/mol. The molecule has 0 spiro atoms. The van der Waals surface area contributed by atoms with Gasteiger partial charge in [0, 0.05) is 19.6 Å². The van der Waals surface area contributed by atoms with E-state index in [1.54, 1.807) is 23.1 Å². The number of aliphatic carboxylic acids is 1. The molecule has 2 aliphatic rings. The molecule has 6 nitrogen and oxygen atoms in total. The van der Waals surface area contributed by atoms with Gasteiger partial charge in [-0.15, -0.1) is 0 Å². The topological polar surface area (TPSA) is 93.4 Å². The Labute approximate surface area is 134 Å². The molecule has 6 heteroatoms. The Kier molecular flexibility index (Phi) is 3.95. The molecule has 1 aliphatic heterocycles. The first-order valence-corrected chi connectivity index (χ1v) is 7.80. The van der Waals surface area contributed by atoms with Crippen molar-refractivity contribution in [3.63, 3.8) is 0 Å². The van der Waals surface area contributed by atoms with Crippen LogP contribution in [-0.2, 0) is 11.3 Å². The predicted octanol–water partition coefficient (Wildman–Crippen LogP) is 1.95. The Bertz CT molecular complexity index is 682. The summed E-state index contributed by atoms with van der Waals surface area (Å²) in [6.07, 6.45) is 2.45. The van der Waals surface area contributed by atoms with Gasteiger partial charge >= 0.3 is 12.0 Å². The number of hydrogen-bond donors (Lipinski definition) is 2. The second kappa shape index (κ2) is 5.92. The van der Waals surface area contributed by atoms with Crippen molar-refractivity contribution < 1.29 is 14.7 Å². The molecule has 1 saturated heterocycles. The first-order chi connectivity index (χ1) is 11.0. The van der Waals surface area contributed by atoms with Crippen LogP contribution in [0.2, 0.25) is 0 Å². The number of nitrogens with zero attached hydrogens (tertiary/aromatic N) is 2. The summed E-state index contributed by atoms with van der Waals surface area (Å²) < 4.78 is 0. The zero-order valence-corrected chi connectivity index (χ0v) is 12.8. The van der Waals surface area contributed by atoms with E-state index < -0.39 is 11.4 Å². The number of nitrogens with one attached hydrogen (secondary N) is 1. The minimum atomic E-state index is -0.781. The third kappa shape index (κ3) is 2.74. The van der Waals surface area contributed by atoms with E-state index in [9.17, 15) is 14.7 Å². The molecule has 1 aromatic rings. The van der Waals surface area contributed by atoms with E-state index in [-0.39, 0.29) is 18.5 Å². The van der Waals surface area contributed by atoms with Gasteiger partial charge in [0.05, 0.1) is 17.0 Å². The van der Waals surface area contributed by atoms with Crippen LogP contribution in [0.4, 0.5) is 4.79 Å². The van der Waals surface area contributed by atoms with E-state index in [1.165, 1.54) is 0 Å². The molecule has 0 unspecified atom stereocenters. The molecule has 2 atom stereocenters. The molecule has 3 rings (SSSR count). The van der Waals surface area contributed by atoms with Crippen molar-refractivity contribution in [3.8, 4) is 6.07 Å². The zero-order chi connectivity index (χ0) is 16.4. The van der Waals surface area contributed by atoms with E-state index in [0.29, 0.717) is 25.1 Å². The third-order valence-corrected chi connectivity index (χ3v) is 5.08. The number of rotatable bonds is 3. The molecule has 1 aromatic carbocycles. The minimum Gasteiger partial charge on any atom is -0.481 e. The maximum Gasteiger partial charge on any atom is 0.317 e. The van der Waals surface area contributed by atoms with Crippen LogP contribution in [0, 0.1) is 22.7 Å². The third-order valence-electron chi connectivity index (χ3n) is 5.08. The standard InChI is InChI=1S/C17H19N3O3/c18-8-12-3-1-4-13(7-12)9-19-16(23)20-10-14-5-2-6-17(14,11-20)15(21)22/h1,3-4,7,14H,2,5-6,9-11H2,(H,19,23)(H,21,22)/t14-,17+/m0/s1. The lowest BCUT2D eigenvalue weighted by Crippen LogP contribution is -2.41. The van der Waals surface area contributed by atoms with Crippen molar-refractivity contribution in [1.82, 2.24) is 10.2 Å². The summed E-state index contributed by atoms with van der Waals surface area (Å²) in [6, 6.07) is 8.90. The van der Waals surface area contributed by atoms with Gasteiger partial charge in [0.15, 0.2) is 0 Å². The van der Waals surface area contributed by atoms with Gasteiger partial charge in [-0.2, -0.15) is 5.26 Å². The molecule has 1 aliphatic carbocycles. The highest BCUT2D eigenvalue weighted by molar-refractivity contribution is 5.80. The smallest absolute Gasteiger partial charge is 0.317 e. The number of benzene rings is 1. The molecule has 2 amide bonds. The van der Waals surface area contributed by atoms with Crippen LogP contribution in [-0.4, -0.2) is 35.1 Å². The van der Waals surface area contributed by atoms with Gasteiger partial charge in [0.2, 0.25) is 0 Å². The predicted molar refractivity (Wildman–Crippen MR) is 82.4 cm³/mol. The van der Waals surface area contributed by atoms with Crippen molar-refractivity contribution in [2.45, 2.75) is 25.8 Å². The van der Waals surface area contributed by atoms with E-state index in [1.807, 2.05) is 6.07 Å². The van der Waals surface area contributed by atoms with Crippen LogP contribution in [0.25, 0.3) is 0 Å². The first kappa shape index (κ1) is 15.3. The van der Waals surface area contributed by atoms with Gasteiger partial charge in [0.1, 0.15) is 0 Å². The summed E-state index contributed by atoms with van der Waals surface area (Å²) >= 11 is 0. The van der Waals surface area contributed by atoms with Gasteiger partial charge in [0.25, 0.3) is 0 Å². The number of carbonyl (C=O) groups is 2. The highest BCUT2D eigenvalue weighted by atomic mass is 16.4. The lowest BCUT2D eigenvalue weighted by molar-refractivity contribution is -0.149. The number of carboxylic acids is 1. The molecular weight excluding hydrogens is 294 g/mol. The summed E-state index contributed by atoms with van der Waals surface area (Å²) in [5.41, 5.74) is 0.653. The quantitative estimate of drug-likeness (QED) is 0.892. The summed E-state index contributed by atoms with van der Waals surface area (Å²) in [5, 5.41) is 21.3. The molecule has 2 N–H and O–H groups in total. The van der Waals surface area contributed by atoms with Gasteiger partial charge in [-0.05, 0) is 36.5 Å². The molecule has 1 saturated carbocycles. The van der Waals surface area contributed by atoms with Crippen molar-refractivity contribution in [1.29, 1.82) is 5.26 Å². The van der Waals surface area contributed by atoms with Crippen LogP contribution in [0.15, 0.2) is 24.3 Å². The fourth-order valence-corrected chi connectivity index (χ4v) is 3.83. The van der Waals surface area contributed by atoms with Crippen molar-refractivity contribution in [2.75, 3.05) is 13.1 Å². The van der Waals surface area contributed by atoms with Crippen LogP contribution in [0.1, 0.15) is 30.4 Å². The van der Waals surface area contributed by atoms with Crippen molar-refractivity contribution in [3.05, 3.63) is 35.4 Å². The molecule has 0 bridgehead atoms. The summed E-state index contributed by atoms with van der Waals surface area (Å²) in [5.74, 6) is -0.718. The van der Waals surface area contributed by atoms with Crippen LogP contribution in [0.3, 0.4) is 0 Å². The van der Waals surface area contributed by atoms with Crippen molar-refractivity contribution >= 4 is 12.0 Å². The molecule has 120 valence electrons. The summed E-state index contributed by atoms with van der Waals surface area (Å²) in [6.45, 7) is 1.13. The number of hydrogen-bond acceptors (Lipinski definition) is 3. The fraction of sp³-hybridized carbons (Fsp3) is 0.471. The Hall–Kier alpha value is -2.55. The van der Waals surface area contributed by atoms with Crippen LogP contribution < -0.4 is 5.32 Å². The lowest BCUT2D eigenvalue weighted by atomic mass is 9.81. The summed E-state index contributed by atoms with van der Waals surface area (Å²) in [4.78, 5) is 25.6. The Balaban J connectivity index is 1.62. The van der Waals surface area contributed by atoms with Gasteiger partial charge in [-0.3, -0.25) is 4.79 Å². The Morgan fingerprint density at radius 1 is 1.48 bits per heavy atom. The molecule has 23 heavy (non-hydrogen) atoms. The highest BCUT2D eigenvalue weighted by Crippen LogP contribution is 2.48. The average Bonchev–Trinajstić information content (AvgIpc) is 3.11.